The second-order valence-corrected chi connectivity index (χ2v) is 6.38. The van der Waals surface area contributed by atoms with Crippen molar-refractivity contribution in [1.29, 1.82) is 0 Å². The van der Waals surface area contributed by atoms with Gasteiger partial charge in [0.2, 0.25) is 0 Å². The minimum atomic E-state index is -4.81. The molecule has 1 aliphatic rings. The van der Waals surface area contributed by atoms with Crippen LogP contribution in [0.2, 0.25) is 0 Å². The van der Waals surface area contributed by atoms with Crippen molar-refractivity contribution < 1.29 is 36.3 Å². The lowest BCUT2D eigenvalue weighted by Gasteiger charge is -2.15. The molecule has 29 heavy (non-hydrogen) atoms. The van der Waals surface area contributed by atoms with Gasteiger partial charge in [0, 0.05) is 17.9 Å². The number of amides is 2. The van der Waals surface area contributed by atoms with Crippen LogP contribution in [0.4, 0.5) is 27.6 Å². The van der Waals surface area contributed by atoms with E-state index < -0.39 is 46.4 Å². The van der Waals surface area contributed by atoms with E-state index in [1.165, 1.54) is 0 Å². The average molecular weight is 414 g/mol. The predicted molar refractivity (Wildman–Crippen MR) is 92.4 cm³/mol. The van der Waals surface area contributed by atoms with Crippen molar-refractivity contribution in [2.75, 3.05) is 18.5 Å². The maximum absolute atomic E-state index is 13.8. The average Bonchev–Trinajstić information content (AvgIpc) is 3.13. The summed E-state index contributed by atoms with van der Waals surface area (Å²) in [6, 6.07) is 4.58. The molecule has 1 saturated heterocycles. The van der Waals surface area contributed by atoms with E-state index in [0.29, 0.717) is 25.2 Å². The van der Waals surface area contributed by atoms with Gasteiger partial charge in [-0.15, -0.1) is 0 Å². The summed E-state index contributed by atoms with van der Waals surface area (Å²) in [6.07, 6.45) is -4.30. The van der Waals surface area contributed by atoms with Gasteiger partial charge in [0.15, 0.2) is 0 Å². The van der Waals surface area contributed by atoms with Crippen LogP contribution in [0.3, 0.4) is 0 Å². The minimum absolute atomic E-state index is 0.237. The Hall–Kier alpha value is -3.01. The van der Waals surface area contributed by atoms with E-state index in [2.05, 4.69) is 5.32 Å². The molecule has 2 amide bonds. The fourth-order valence-electron chi connectivity index (χ4n) is 2.82. The molecule has 3 rings (SSSR count). The molecule has 1 heterocycles. The largest absolute Gasteiger partial charge is 0.416 e. The summed E-state index contributed by atoms with van der Waals surface area (Å²) >= 11 is 0. The highest BCUT2D eigenvalue weighted by atomic mass is 19.4. The van der Waals surface area contributed by atoms with Crippen LogP contribution < -0.4 is 10.6 Å². The second-order valence-electron chi connectivity index (χ2n) is 6.38. The summed E-state index contributed by atoms with van der Waals surface area (Å²) in [5, 5.41) is 4.56. The lowest BCUT2D eigenvalue weighted by atomic mass is 10.1. The number of rotatable bonds is 4. The first-order valence-electron chi connectivity index (χ1n) is 8.51. The molecule has 0 spiro atoms. The molecule has 0 bridgehead atoms. The van der Waals surface area contributed by atoms with Crippen LogP contribution in [0.5, 0.6) is 0 Å². The Morgan fingerprint density at radius 2 is 1.72 bits per heavy atom. The lowest BCUT2D eigenvalue weighted by Crippen LogP contribution is -2.35. The lowest BCUT2D eigenvalue weighted by molar-refractivity contribution is -0.137. The van der Waals surface area contributed by atoms with Crippen LogP contribution in [0.25, 0.3) is 0 Å². The molecule has 1 fully saturated rings. The number of benzene rings is 2. The van der Waals surface area contributed by atoms with Gasteiger partial charge in [0.25, 0.3) is 11.8 Å². The highest BCUT2D eigenvalue weighted by Crippen LogP contribution is 2.32. The molecule has 2 N–H and O–H groups in total. The Morgan fingerprint density at radius 3 is 2.31 bits per heavy atom. The van der Waals surface area contributed by atoms with Gasteiger partial charge in [-0.1, -0.05) is 6.07 Å². The number of nitrogens with one attached hydrogen (secondary N) is 2. The third-order valence-electron chi connectivity index (χ3n) is 4.24. The van der Waals surface area contributed by atoms with Crippen LogP contribution in [0.1, 0.15) is 32.7 Å². The molecular formula is C19H15F5N2O3. The van der Waals surface area contributed by atoms with Crippen molar-refractivity contribution in [3.63, 3.8) is 0 Å². The summed E-state index contributed by atoms with van der Waals surface area (Å²) in [5.41, 5.74) is -2.94. The van der Waals surface area contributed by atoms with Crippen molar-refractivity contribution in [1.82, 2.24) is 5.32 Å². The maximum Gasteiger partial charge on any atom is 0.416 e. The van der Waals surface area contributed by atoms with Crippen LogP contribution in [0, 0.1) is 11.6 Å². The summed E-state index contributed by atoms with van der Waals surface area (Å²) in [5.74, 6) is -4.42. The molecule has 0 aromatic heterocycles. The highest BCUT2D eigenvalue weighted by Gasteiger charge is 2.32. The Morgan fingerprint density at radius 1 is 1.03 bits per heavy atom. The molecule has 1 atom stereocenters. The van der Waals surface area contributed by atoms with Crippen molar-refractivity contribution >= 4 is 17.5 Å². The zero-order chi connectivity index (χ0) is 21.2. The molecule has 0 radical (unpaired) electrons. The number of alkyl halides is 3. The highest BCUT2D eigenvalue weighted by molar-refractivity contribution is 6.05. The van der Waals surface area contributed by atoms with Crippen LogP contribution in [-0.2, 0) is 10.9 Å². The van der Waals surface area contributed by atoms with Crippen molar-refractivity contribution in [3.05, 3.63) is 64.7 Å². The summed E-state index contributed by atoms with van der Waals surface area (Å²) in [4.78, 5) is 24.5. The van der Waals surface area contributed by atoms with Crippen molar-refractivity contribution in [2.24, 2.45) is 0 Å². The Bertz CT molecular complexity index is 920. The van der Waals surface area contributed by atoms with Gasteiger partial charge < -0.3 is 15.4 Å². The van der Waals surface area contributed by atoms with Crippen LogP contribution >= 0.6 is 0 Å². The molecule has 10 heteroatoms. The molecule has 0 saturated carbocycles. The van der Waals surface area contributed by atoms with E-state index in [4.69, 9.17) is 4.74 Å². The first-order valence-corrected chi connectivity index (χ1v) is 8.51. The quantitative estimate of drug-likeness (QED) is 0.749. The number of carbonyl (C=O) groups excluding carboxylic acids is 2. The van der Waals surface area contributed by atoms with E-state index in [1.807, 2.05) is 5.32 Å². The Balaban J connectivity index is 1.91. The topological polar surface area (TPSA) is 67.4 Å². The van der Waals surface area contributed by atoms with Crippen LogP contribution in [-0.4, -0.2) is 31.1 Å². The molecule has 2 aromatic carbocycles. The monoisotopic (exact) mass is 414 g/mol. The Kier molecular flexibility index (Phi) is 5.83. The van der Waals surface area contributed by atoms with Gasteiger partial charge in [0.05, 0.1) is 18.2 Å². The zero-order valence-corrected chi connectivity index (χ0v) is 14.8. The minimum Gasteiger partial charge on any atom is -0.379 e. The van der Waals surface area contributed by atoms with Gasteiger partial charge in [0.1, 0.15) is 17.2 Å². The van der Waals surface area contributed by atoms with Crippen molar-refractivity contribution in [2.45, 2.75) is 18.6 Å². The molecule has 1 unspecified atom stereocenters. The number of hydrogen-bond acceptors (Lipinski definition) is 3. The standard InChI is InChI=1S/C19H15F5N2O3/c20-14-2-1-3-15(21)16(14)18(28)26-13-7-10(6-11(8-13)19(22,23)24)17(27)25-12-4-5-29-9-12/h1-3,6-8,12H,4-5,9H2,(H,25,27)(H,26,28). The predicted octanol–water partition coefficient (Wildman–Crippen LogP) is 3.75. The summed E-state index contributed by atoms with van der Waals surface area (Å²) < 4.78 is 72.3. The van der Waals surface area contributed by atoms with E-state index in [1.54, 1.807) is 0 Å². The fraction of sp³-hybridized carbons (Fsp3) is 0.263. The van der Waals surface area contributed by atoms with E-state index in [0.717, 1.165) is 24.3 Å². The van der Waals surface area contributed by atoms with Gasteiger partial charge in [-0.3, -0.25) is 9.59 Å². The molecule has 1 aliphatic heterocycles. The van der Waals surface area contributed by atoms with Gasteiger partial charge in [-0.05, 0) is 36.8 Å². The van der Waals surface area contributed by atoms with Crippen molar-refractivity contribution in [3.8, 4) is 0 Å². The maximum atomic E-state index is 13.8. The van der Waals surface area contributed by atoms with Gasteiger partial charge >= 0.3 is 6.18 Å². The first kappa shape index (κ1) is 20.7. The normalized spacial score (nSPS) is 16.5. The second kappa shape index (κ2) is 8.16. The number of hydrogen-bond donors (Lipinski definition) is 2. The SMILES string of the molecule is O=C(NC1CCOC1)c1cc(NC(=O)c2c(F)cccc2F)cc(C(F)(F)F)c1. The number of ether oxygens (including phenoxy) is 1. The first-order chi connectivity index (χ1) is 13.6. The smallest absolute Gasteiger partial charge is 0.379 e. The number of carbonyl (C=O) groups is 2. The molecular weight excluding hydrogens is 399 g/mol. The fourth-order valence-corrected chi connectivity index (χ4v) is 2.82. The zero-order valence-electron chi connectivity index (χ0n) is 14.8. The van der Waals surface area contributed by atoms with E-state index in [9.17, 15) is 31.5 Å². The Labute approximate surface area is 161 Å². The van der Waals surface area contributed by atoms with E-state index in [-0.39, 0.29) is 18.2 Å². The van der Waals surface area contributed by atoms with Gasteiger partial charge in [-0.2, -0.15) is 13.2 Å². The summed E-state index contributed by atoms with van der Waals surface area (Å²) in [6.45, 7) is 0.657. The summed E-state index contributed by atoms with van der Waals surface area (Å²) in [7, 11) is 0. The number of anilines is 1. The molecule has 2 aromatic rings. The van der Waals surface area contributed by atoms with E-state index >= 15 is 0 Å². The van der Waals surface area contributed by atoms with Crippen LogP contribution in [0.15, 0.2) is 36.4 Å². The molecule has 5 nitrogen and oxygen atoms in total. The number of halogens is 5. The third kappa shape index (κ3) is 4.89. The third-order valence-corrected chi connectivity index (χ3v) is 4.24. The van der Waals surface area contributed by atoms with Gasteiger partial charge in [-0.25, -0.2) is 8.78 Å². The molecule has 154 valence electrons. The molecule has 0 aliphatic carbocycles.